The molecule has 1 aromatic rings. The van der Waals surface area contributed by atoms with Crippen LogP contribution in [0.3, 0.4) is 0 Å². The Bertz CT molecular complexity index is 616. The van der Waals surface area contributed by atoms with Crippen LogP contribution >= 0.6 is 0 Å². The van der Waals surface area contributed by atoms with Crippen molar-refractivity contribution in [1.82, 2.24) is 10.9 Å². The maximum atomic E-state index is 11.8. The lowest BCUT2D eigenvalue weighted by atomic mass is 10.0. The van der Waals surface area contributed by atoms with Crippen molar-refractivity contribution in [2.75, 3.05) is 0 Å². The zero-order chi connectivity index (χ0) is 17.4. The number of nitro groups is 1. The van der Waals surface area contributed by atoms with E-state index in [1.54, 1.807) is 6.92 Å². The van der Waals surface area contributed by atoms with Gasteiger partial charge in [-0.25, -0.2) is 0 Å². The second kappa shape index (κ2) is 8.47. The number of rotatable bonds is 7. The van der Waals surface area contributed by atoms with Crippen LogP contribution in [0.15, 0.2) is 24.3 Å². The van der Waals surface area contributed by atoms with E-state index in [0.29, 0.717) is 6.42 Å². The minimum atomic E-state index is -1.22. The highest BCUT2D eigenvalue weighted by molar-refractivity contribution is 5.95. The SMILES string of the molecule is CC[C@H](CCC(=O)NNC(=O)c1cccc([N+](=O)[O-])c1)C(=O)[O-]. The number of nitrogens with one attached hydrogen (secondary N) is 2. The van der Waals surface area contributed by atoms with Crippen molar-refractivity contribution in [3.63, 3.8) is 0 Å². The minimum absolute atomic E-state index is 0.0145. The summed E-state index contributed by atoms with van der Waals surface area (Å²) in [7, 11) is 0. The van der Waals surface area contributed by atoms with Gasteiger partial charge in [0.05, 0.1) is 4.92 Å². The number of hydrazine groups is 1. The molecule has 2 amide bonds. The highest BCUT2D eigenvalue weighted by Crippen LogP contribution is 2.13. The Kier molecular flexibility index (Phi) is 6.66. The molecule has 0 saturated carbocycles. The van der Waals surface area contributed by atoms with Gasteiger partial charge in [0.25, 0.3) is 11.6 Å². The molecule has 124 valence electrons. The van der Waals surface area contributed by atoms with E-state index in [-0.39, 0.29) is 24.1 Å². The van der Waals surface area contributed by atoms with Crippen LogP contribution in [0.4, 0.5) is 5.69 Å². The molecule has 0 heterocycles. The molecule has 0 saturated heterocycles. The minimum Gasteiger partial charge on any atom is -0.550 e. The van der Waals surface area contributed by atoms with Crippen molar-refractivity contribution in [3.05, 3.63) is 39.9 Å². The van der Waals surface area contributed by atoms with E-state index in [2.05, 4.69) is 10.9 Å². The molecule has 1 atom stereocenters. The summed E-state index contributed by atoms with van der Waals surface area (Å²) >= 11 is 0. The lowest BCUT2D eigenvalue weighted by molar-refractivity contribution is -0.384. The van der Waals surface area contributed by atoms with Gasteiger partial charge < -0.3 is 9.90 Å². The normalized spacial score (nSPS) is 11.3. The summed E-state index contributed by atoms with van der Waals surface area (Å²) in [5.41, 5.74) is 4.01. The van der Waals surface area contributed by atoms with E-state index in [9.17, 15) is 29.6 Å². The van der Waals surface area contributed by atoms with Gasteiger partial charge in [-0.05, 0) is 24.8 Å². The highest BCUT2D eigenvalue weighted by atomic mass is 16.6. The Balaban J connectivity index is 2.49. The number of aliphatic carboxylic acids is 1. The Morgan fingerprint density at radius 3 is 2.52 bits per heavy atom. The molecule has 0 aliphatic rings. The number of nitro benzene ring substituents is 1. The Hall–Kier alpha value is -2.97. The van der Waals surface area contributed by atoms with Crippen LogP contribution in [0.1, 0.15) is 36.5 Å². The number of carbonyl (C=O) groups is 3. The summed E-state index contributed by atoms with van der Waals surface area (Å²) < 4.78 is 0. The van der Waals surface area contributed by atoms with Crippen LogP contribution in [0.2, 0.25) is 0 Å². The van der Waals surface area contributed by atoms with E-state index >= 15 is 0 Å². The van der Waals surface area contributed by atoms with Crippen molar-refractivity contribution in [3.8, 4) is 0 Å². The van der Waals surface area contributed by atoms with Gasteiger partial charge in [0.1, 0.15) is 0 Å². The van der Waals surface area contributed by atoms with Gasteiger partial charge >= 0.3 is 0 Å². The molecule has 0 bridgehead atoms. The topological polar surface area (TPSA) is 141 Å². The van der Waals surface area contributed by atoms with Crippen LogP contribution in [0, 0.1) is 16.0 Å². The van der Waals surface area contributed by atoms with Gasteiger partial charge in [0.15, 0.2) is 0 Å². The molecule has 2 N–H and O–H groups in total. The van der Waals surface area contributed by atoms with Gasteiger partial charge in [0.2, 0.25) is 5.91 Å². The lowest BCUT2D eigenvalue weighted by Crippen LogP contribution is -2.42. The fourth-order valence-electron chi connectivity index (χ4n) is 1.82. The number of amides is 2. The Morgan fingerprint density at radius 1 is 1.26 bits per heavy atom. The monoisotopic (exact) mass is 322 g/mol. The van der Waals surface area contributed by atoms with Crippen LogP contribution < -0.4 is 16.0 Å². The Labute approximate surface area is 131 Å². The standard InChI is InChI=1S/C14H17N3O6/c1-2-9(14(20)21)6-7-12(18)15-16-13(19)10-4-3-5-11(8-10)17(22)23/h3-5,8-9H,2,6-7H2,1H3,(H,15,18)(H,16,19)(H,20,21)/p-1/t9-/m1/s1. The van der Waals surface area contributed by atoms with Gasteiger partial charge in [0, 0.05) is 30.1 Å². The van der Waals surface area contributed by atoms with Crippen molar-refractivity contribution in [2.24, 2.45) is 5.92 Å². The van der Waals surface area contributed by atoms with Crippen molar-refractivity contribution in [2.45, 2.75) is 26.2 Å². The molecule has 23 heavy (non-hydrogen) atoms. The summed E-state index contributed by atoms with van der Waals surface area (Å²) in [4.78, 5) is 44.0. The summed E-state index contributed by atoms with van der Waals surface area (Å²) in [6.07, 6.45) is 0.342. The number of nitrogens with zero attached hydrogens (tertiary/aromatic N) is 1. The molecule has 0 aliphatic carbocycles. The first-order valence-electron chi connectivity index (χ1n) is 6.89. The molecule has 0 fully saturated rings. The molecule has 0 unspecified atom stereocenters. The van der Waals surface area contributed by atoms with Gasteiger partial charge in [-0.15, -0.1) is 0 Å². The molecule has 0 aliphatic heterocycles. The molecule has 1 aromatic carbocycles. The molecule has 9 nitrogen and oxygen atoms in total. The smallest absolute Gasteiger partial charge is 0.270 e. The van der Waals surface area contributed by atoms with E-state index in [4.69, 9.17) is 0 Å². The van der Waals surface area contributed by atoms with E-state index in [1.807, 2.05) is 0 Å². The molecule has 9 heteroatoms. The predicted octanol–water partition coefficient (Wildman–Crippen LogP) is -0.0879. The van der Waals surface area contributed by atoms with Gasteiger partial charge in [-0.3, -0.25) is 30.6 Å². The fraction of sp³-hybridized carbons (Fsp3) is 0.357. The number of carboxylic acid groups (broad SMARTS) is 1. The fourth-order valence-corrected chi connectivity index (χ4v) is 1.82. The average Bonchev–Trinajstić information content (AvgIpc) is 2.52. The first-order valence-corrected chi connectivity index (χ1v) is 6.89. The summed E-state index contributed by atoms with van der Waals surface area (Å²) in [6, 6.07) is 5.02. The largest absolute Gasteiger partial charge is 0.550 e. The summed E-state index contributed by atoms with van der Waals surface area (Å²) in [6.45, 7) is 1.67. The second-order valence-corrected chi connectivity index (χ2v) is 4.77. The Morgan fingerprint density at radius 2 is 1.96 bits per heavy atom. The molecule has 0 spiro atoms. The quantitative estimate of drug-likeness (QED) is 0.531. The van der Waals surface area contributed by atoms with Crippen LogP contribution in [-0.2, 0) is 9.59 Å². The average molecular weight is 322 g/mol. The van der Waals surface area contributed by atoms with Crippen LogP contribution in [-0.4, -0.2) is 22.7 Å². The van der Waals surface area contributed by atoms with Crippen LogP contribution in [0.25, 0.3) is 0 Å². The van der Waals surface area contributed by atoms with Crippen molar-refractivity contribution in [1.29, 1.82) is 0 Å². The second-order valence-electron chi connectivity index (χ2n) is 4.77. The number of hydrogen-bond donors (Lipinski definition) is 2. The zero-order valence-corrected chi connectivity index (χ0v) is 12.4. The van der Waals surface area contributed by atoms with E-state index < -0.39 is 28.6 Å². The van der Waals surface area contributed by atoms with Crippen molar-refractivity contribution < 1.29 is 24.4 Å². The maximum absolute atomic E-state index is 11.8. The molecule has 1 rings (SSSR count). The highest BCUT2D eigenvalue weighted by Gasteiger charge is 2.13. The number of carboxylic acids is 1. The first-order chi connectivity index (χ1) is 10.8. The molecular weight excluding hydrogens is 306 g/mol. The molecular formula is C14H16N3O6-. The third-order valence-corrected chi connectivity index (χ3v) is 3.18. The molecule has 0 radical (unpaired) electrons. The van der Waals surface area contributed by atoms with Crippen LogP contribution in [0.5, 0.6) is 0 Å². The summed E-state index contributed by atoms with van der Waals surface area (Å²) in [5, 5.41) is 21.3. The third-order valence-electron chi connectivity index (χ3n) is 3.18. The maximum Gasteiger partial charge on any atom is 0.270 e. The van der Waals surface area contributed by atoms with Gasteiger partial charge in [-0.1, -0.05) is 13.0 Å². The number of non-ortho nitro benzene ring substituents is 1. The first kappa shape index (κ1) is 18.1. The number of benzene rings is 1. The third kappa shape index (κ3) is 5.73. The van der Waals surface area contributed by atoms with Crippen molar-refractivity contribution >= 4 is 23.5 Å². The summed E-state index contributed by atoms with van der Waals surface area (Å²) in [5.74, 6) is -3.23. The zero-order valence-electron chi connectivity index (χ0n) is 12.4. The van der Waals surface area contributed by atoms with E-state index in [1.165, 1.54) is 18.2 Å². The van der Waals surface area contributed by atoms with E-state index in [0.717, 1.165) is 6.07 Å². The lowest BCUT2D eigenvalue weighted by Gasteiger charge is -2.15. The van der Waals surface area contributed by atoms with Gasteiger partial charge in [-0.2, -0.15) is 0 Å². The number of carbonyl (C=O) groups excluding carboxylic acids is 3. The predicted molar refractivity (Wildman–Crippen MR) is 76.7 cm³/mol. The molecule has 0 aromatic heterocycles. The number of hydrogen-bond acceptors (Lipinski definition) is 6.